The van der Waals surface area contributed by atoms with Gasteiger partial charge in [-0.2, -0.15) is 13.2 Å². The zero-order valence-electron chi connectivity index (χ0n) is 9.05. The first-order valence-corrected chi connectivity index (χ1v) is 5.71. The fourth-order valence-electron chi connectivity index (χ4n) is 1.52. The second-order valence-electron chi connectivity index (χ2n) is 3.55. The zero-order valence-corrected chi connectivity index (χ0v) is 9.86. The van der Waals surface area contributed by atoms with Crippen LogP contribution in [-0.4, -0.2) is 11.1 Å². The molecular formula is C11H5F4NO2S. The summed E-state index contributed by atoms with van der Waals surface area (Å²) in [6.07, 6.45) is -4.04. The standard InChI is InChI=1S/C11H5F4NO2S/c12-6-3-1-2-5(8(6)11(13,14)15)4-7-9(17)16-10(18)19-7/h1-4H,(H,16,17,18). The van der Waals surface area contributed by atoms with Crippen LogP contribution in [0.25, 0.3) is 6.08 Å². The maximum Gasteiger partial charge on any atom is 0.419 e. The Hall–Kier alpha value is -1.83. The summed E-state index contributed by atoms with van der Waals surface area (Å²) in [6, 6.07) is 2.80. The minimum absolute atomic E-state index is 0.207. The van der Waals surface area contributed by atoms with Gasteiger partial charge in [0.2, 0.25) is 0 Å². The van der Waals surface area contributed by atoms with Gasteiger partial charge in [0.1, 0.15) is 5.82 Å². The minimum atomic E-state index is -4.89. The van der Waals surface area contributed by atoms with Crippen molar-refractivity contribution in [3.05, 3.63) is 40.0 Å². The number of imide groups is 1. The number of carbonyl (C=O) groups is 2. The van der Waals surface area contributed by atoms with E-state index in [1.165, 1.54) is 0 Å². The molecule has 1 N–H and O–H groups in total. The largest absolute Gasteiger partial charge is 0.419 e. The van der Waals surface area contributed by atoms with Crippen molar-refractivity contribution in [3.63, 3.8) is 0 Å². The first kappa shape index (κ1) is 13.6. The van der Waals surface area contributed by atoms with Gasteiger partial charge in [0.25, 0.3) is 11.1 Å². The third kappa shape index (κ3) is 2.78. The van der Waals surface area contributed by atoms with E-state index in [2.05, 4.69) is 0 Å². The van der Waals surface area contributed by atoms with Crippen molar-refractivity contribution in [2.45, 2.75) is 6.18 Å². The lowest BCUT2D eigenvalue weighted by atomic mass is 10.1. The summed E-state index contributed by atoms with van der Waals surface area (Å²) >= 11 is 0.465. The first-order chi connectivity index (χ1) is 8.79. The molecule has 8 heteroatoms. The highest BCUT2D eigenvalue weighted by atomic mass is 32.2. The number of nitrogens with one attached hydrogen (secondary N) is 1. The molecule has 0 saturated carbocycles. The van der Waals surface area contributed by atoms with Crippen molar-refractivity contribution in [1.29, 1.82) is 0 Å². The van der Waals surface area contributed by atoms with Crippen LogP contribution >= 0.6 is 11.8 Å². The molecule has 0 spiro atoms. The fourth-order valence-corrected chi connectivity index (χ4v) is 2.20. The number of halogens is 4. The number of thioether (sulfide) groups is 1. The summed E-state index contributed by atoms with van der Waals surface area (Å²) in [7, 11) is 0. The number of amides is 2. The molecule has 1 aliphatic rings. The average Bonchev–Trinajstić information content (AvgIpc) is 2.55. The smallest absolute Gasteiger partial charge is 0.282 e. The monoisotopic (exact) mass is 291 g/mol. The van der Waals surface area contributed by atoms with Gasteiger partial charge < -0.3 is 0 Å². The molecule has 2 amide bonds. The molecule has 1 saturated heterocycles. The van der Waals surface area contributed by atoms with Crippen LogP contribution in [0.4, 0.5) is 22.4 Å². The Balaban J connectivity index is 2.53. The highest BCUT2D eigenvalue weighted by molar-refractivity contribution is 8.18. The number of hydrogen-bond acceptors (Lipinski definition) is 3. The Bertz CT molecular complexity index is 595. The van der Waals surface area contributed by atoms with Crippen molar-refractivity contribution < 1.29 is 27.2 Å². The van der Waals surface area contributed by atoms with Crippen LogP contribution in [0.15, 0.2) is 23.1 Å². The molecule has 0 aliphatic carbocycles. The van der Waals surface area contributed by atoms with Gasteiger partial charge in [-0.15, -0.1) is 0 Å². The molecule has 0 atom stereocenters. The molecule has 100 valence electrons. The predicted molar refractivity (Wildman–Crippen MR) is 60.5 cm³/mol. The van der Waals surface area contributed by atoms with E-state index in [0.29, 0.717) is 17.8 Å². The van der Waals surface area contributed by atoms with E-state index in [0.717, 1.165) is 18.2 Å². The maximum atomic E-state index is 13.3. The maximum absolute atomic E-state index is 13.3. The molecule has 1 heterocycles. The quantitative estimate of drug-likeness (QED) is 0.638. The number of rotatable bonds is 1. The van der Waals surface area contributed by atoms with Crippen LogP contribution in [0.3, 0.4) is 0 Å². The van der Waals surface area contributed by atoms with Crippen LogP contribution in [0.5, 0.6) is 0 Å². The topological polar surface area (TPSA) is 46.2 Å². The van der Waals surface area contributed by atoms with Gasteiger partial charge in [-0.05, 0) is 29.5 Å². The third-order valence-corrected chi connectivity index (χ3v) is 3.07. The van der Waals surface area contributed by atoms with Gasteiger partial charge in [0.15, 0.2) is 0 Å². The Labute approximate surface area is 108 Å². The first-order valence-electron chi connectivity index (χ1n) is 4.89. The highest BCUT2D eigenvalue weighted by Gasteiger charge is 2.37. The molecule has 1 aromatic carbocycles. The lowest BCUT2D eigenvalue weighted by Crippen LogP contribution is -2.18. The molecule has 1 fully saturated rings. The summed E-state index contributed by atoms with van der Waals surface area (Å²) in [5, 5.41) is 1.22. The van der Waals surface area contributed by atoms with Gasteiger partial charge in [-0.3, -0.25) is 14.9 Å². The van der Waals surface area contributed by atoms with Crippen molar-refractivity contribution in [2.75, 3.05) is 0 Å². The van der Waals surface area contributed by atoms with E-state index in [1.54, 1.807) is 0 Å². The average molecular weight is 291 g/mol. The summed E-state index contributed by atoms with van der Waals surface area (Å²) in [4.78, 5) is 21.9. The van der Waals surface area contributed by atoms with Crippen molar-refractivity contribution in [2.24, 2.45) is 0 Å². The Morgan fingerprint density at radius 1 is 1.21 bits per heavy atom. The van der Waals surface area contributed by atoms with E-state index in [4.69, 9.17) is 0 Å². The third-order valence-electron chi connectivity index (χ3n) is 2.26. The number of alkyl halides is 3. The predicted octanol–water partition coefficient (Wildman–Crippen LogP) is 3.17. The van der Waals surface area contributed by atoms with E-state index in [1.807, 2.05) is 5.32 Å². The fraction of sp³-hybridized carbons (Fsp3) is 0.0909. The van der Waals surface area contributed by atoms with Gasteiger partial charge in [0, 0.05) is 0 Å². The van der Waals surface area contributed by atoms with Crippen LogP contribution in [0.1, 0.15) is 11.1 Å². The Kier molecular flexibility index (Phi) is 3.36. The number of carbonyl (C=O) groups excluding carboxylic acids is 2. The van der Waals surface area contributed by atoms with Crippen LogP contribution in [-0.2, 0) is 11.0 Å². The van der Waals surface area contributed by atoms with Crippen molar-refractivity contribution in [1.82, 2.24) is 5.32 Å². The lowest BCUT2D eigenvalue weighted by Gasteiger charge is -2.11. The minimum Gasteiger partial charge on any atom is -0.282 e. The van der Waals surface area contributed by atoms with Crippen molar-refractivity contribution >= 4 is 29.0 Å². The van der Waals surface area contributed by atoms with E-state index < -0.39 is 34.3 Å². The Morgan fingerprint density at radius 2 is 1.89 bits per heavy atom. The van der Waals surface area contributed by atoms with Crippen molar-refractivity contribution in [3.8, 4) is 0 Å². The van der Waals surface area contributed by atoms with Gasteiger partial charge in [0.05, 0.1) is 10.5 Å². The van der Waals surface area contributed by atoms with Crippen LogP contribution in [0, 0.1) is 5.82 Å². The van der Waals surface area contributed by atoms with Crippen LogP contribution in [0.2, 0.25) is 0 Å². The normalized spacial score (nSPS) is 18.0. The van der Waals surface area contributed by atoms with E-state index >= 15 is 0 Å². The molecule has 1 aliphatic heterocycles. The van der Waals surface area contributed by atoms with Gasteiger partial charge in [-0.1, -0.05) is 12.1 Å². The zero-order chi connectivity index (χ0) is 14.2. The molecule has 1 aromatic rings. The molecule has 19 heavy (non-hydrogen) atoms. The molecule has 0 bridgehead atoms. The number of hydrogen-bond donors (Lipinski definition) is 1. The van der Waals surface area contributed by atoms with Gasteiger partial charge >= 0.3 is 6.18 Å². The molecular weight excluding hydrogens is 286 g/mol. The summed E-state index contributed by atoms with van der Waals surface area (Å²) < 4.78 is 51.4. The second kappa shape index (κ2) is 4.69. The summed E-state index contributed by atoms with van der Waals surface area (Å²) in [5.74, 6) is -2.23. The molecule has 0 unspecified atom stereocenters. The van der Waals surface area contributed by atoms with E-state index in [-0.39, 0.29) is 4.91 Å². The molecule has 0 aromatic heterocycles. The number of benzene rings is 1. The van der Waals surface area contributed by atoms with Crippen LogP contribution < -0.4 is 5.32 Å². The molecule has 3 nitrogen and oxygen atoms in total. The van der Waals surface area contributed by atoms with E-state index in [9.17, 15) is 27.2 Å². The Morgan fingerprint density at radius 3 is 2.42 bits per heavy atom. The lowest BCUT2D eigenvalue weighted by molar-refractivity contribution is -0.140. The second-order valence-corrected chi connectivity index (χ2v) is 4.57. The summed E-state index contributed by atoms with van der Waals surface area (Å²) in [5.41, 5.74) is -1.96. The highest BCUT2D eigenvalue weighted by Crippen LogP contribution is 2.36. The van der Waals surface area contributed by atoms with Gasteiger partial charge in [-0.25, -0.2) is 4.39 Å². The SMILES string of the molecule is O=C1NC(=O)C(=Cc2cccc(F)c2C(F)(F)F)S1. The molecule has 0 radical (unpaired) electrons. The summed E-state index contributed by atoms with van der Waals surface area (Å²) in [6.45, 7) is 0. The molecule has 2 rings (SSSR count).